The van der Waals surface area contributed by atoms with E-state index >= 15 is 0 Å². The smallest absolute Gasteiger partial charge is 0.267 e. The van der Waals surface area contributed by atoms with E-state index in [1.807, 2.05) is 32.0 Å². The SMILES string of the molecule is Cc1ccc(C)c(N2N=C(C(=O)NCc3ccc(N4CCCC4)cc3)CCC2=O)c1. The number of hydrogen-bond acceptors (Lipinski definition) is 4. The highest BCUT2D eigenvalue weighted by Gasteiger charge is 2.26. The lowest BCUT2D eigenvalue weighted by Gasteiger charge is -2.25. The molecule has 0 radical (unpaired) electrons. The number of nitrogens with one attached hydrogen (secondary N) is 1. The Kier molecular flexibility index (Phi) is 5.84. The summed E-state index contributed by atoms with van der Waals surface area (Å²) in [7, 11) is 0. The summed E-state index contributed by atoms with van der Waals surface area (Å²) in [6, 6.07) is 14.2. The molecule has 2 amide bonds. The van der Waals surface area contributed by atoms with Crippen molar-refractivity contribution < 1.29 is 9.59 Å². The monoisotopic (exact) mass is 404 g/mol. The summed E-state index contributed by atoms with van der Waals surface area (Å²) < 4.78 is 0. The minimum Gasteiger partial charge on any atom is -0.372 e. The van der Waals surface area contributed by atoms with Crippen LogP contribution in [0.4, 0.5) is 11.4 Å². The topological polar surface area (TPSA) is 65.0 Å². The molecule has 2 aromatic carbocycles. The molecule has 2 aliphatic heterocycles. The normalized spacial score (nSPS) is 16.6. The van der Waals surface area contributed by atoms with Crippen molar-refractivity contribution >= 4 is 28.9 Å². The number of anilines is 2. The van der Waals surface area contributed by atoms with Gasteiger partial charge in [-0.2, -0.15) is 5.10 Å². The number of hydrazone groups is 1. The predicted octanol–water partition coefficient (Wildman–Crippen LogP) is 3.70. The van der Waals surface area contributed by atoms with E-state index in [0.717, 1.165) is 35.5 Å². The quantitative estimate of drug-likeness (QED) is 0.826. The molecule has 6 heteroatoms. The molecule has 30 heavy (non-hydrogen) atoms. The Hall–Kier alpha value is -3.15. The molecule has 2 aromatic rings. The average Bonchev–Trinajstić information content (AvgIpc) is 3.29. The Labute approximate surface area is 177 Å². The van der Waals surface area contributed by atoms with E-state index in [2.05, 4.69) is 39.6 Å². The van der Waals surface area contributed by atoms with Gasteiger partial charge in [-0.15, -0.1) is 0 Å². The number of hydrogen-bond donors (Lipinski definition) is 1. The van der Waals surface area contributed by atoms with Crippen molar-refractivity contribution in [2.45, 2.75) is 46.1 Å². The highest BCUT2D eigenvalue weighted by molar-refractivity contribution is 6.40. The second kappa shape index (κ2) is 8.69. The van der Waals surface area contributed by atoms with Crippen LogP contribution in [-0.2, 0) is 16.1 Å². The molecular formula is C24H28N4O2. The van der Waals surface area contributed by atoms with Crippen molar-refractivity contribution in [1.82, 2.24) is 5.32 Å². The van der Waals surface area contributed by atoms with E-state index in [1.54, 1.807) is 0 Å². The number of amides is 2. The van der Waals surface area contributed by atoms with Gasteiger partial charge in [0.1, 0.15) is 5.71 Å². The third-order valence-electron chi connectivity index (χ3n) is 5.75. The molecule has 1 N–H and O–H groups in total. The molecule has 2 heterocycles. The third kappa shape index (κ3) is 4.37. The highest BCUT2D eigenvalue weighted by Crippen LogP contribution is 2.25. The van der Waals surface area contributed by atoms with Gasteiger partial charge in [0.25, 0.3) is 5.91 Å². The van der Waals surface area contributed by atoms with Crippen LogP contribution in [0.25, 0.3) is 0 Å². The molecular weight excluding hydrogens is 376 g/mol. The first-order chi connectivity index (χ1) is 14.5. The third-order valence-corrected chi connectivity index (χ3v) is 5.75. The molecule has 4 rings (SSSR count). The van der Waals surface area contributed by atoms with Gasteiger partial charge in [0.05, 0.1) is 5.69 Å². The summed E-state index contributed by atoms with van der Waals surface area (Å²) in [6.45, 7) is 6.59. The summed E-state index contributed by atoms with van der Waals surface area (Å²) in [5, 5.41) is 8.73. The fourth-order valence-electron chi connectivity index (χ4n) is 3.94. The van der Waals surface area contributed by atoms with Crippen molar-refractivity contribution in [1.29, 1.82) is 0 Å². The van der Waals surface area contributed by atoms with Gasteiger partial charge >= 0.3 is 0 Å². The Morgan fingerprint density at radius 2 is 1.77 bits per heavy atom. The zero-order valence-corrected chi connectivity index (χ0v) is 17.6. The van der Waals surface area contributed by atoms with Crippen LogP contribution in [0.5, 0.6) is 0 Å². The molecule has 0 aliphatic carbocycles. The lowest BCUT2D eigenvalue weighted by atomic mass is 10.1. The second-order valence-electron chi connectivity index (χ2n) is 8.09. The van der Waals surface area contributed by atoms with Crippen LogP contribution in [0.2, 0.25) is 0 Å². The molecule has 0 bridgehead atoms. The molecule has 0 aromatic heterocycles. The van der Waals surface area contributed by atoms with Gasteiger partial charge < -0.3 is 10.2 Å². The van der Waals surface area contributed by atoms with Crippen LogP contribution in [0, 0.1) is 13.8 Å². The summed E-state index contributed by atoms with van der Waals surface area (Å²) in [5.41, 5.74) is 5.42. The van der Waals surface area contributed by atoms with E-state index < -0.39 is 0 Å². The summed E-state index contributed by atoms with van der Waals surface area (Å²) in [5.74, 6) is -0.306. The number of carbonyl (C=O) groups is 2. The number of aryl methyl sites for hydroxylation is 2. The minimum atomic E-state index is -0.221. The molecule has 0 saturated carbocycles. The fourth-order valence-corrected chi connectivity index (χ4v) is 3.94. The summed E-state index contributed by atoms with van der Waals surface area (Å²) in [4.78, 5) is 27.5. The maximum Gasteiger partial charge on any atom is 0.267 e. The Bertz CT molecular complexity index is 975. The van der Waals surface area contributed by atoms with Crippen molar-refractivity contribution in [3.05, 3.63) is 59.2 Å². The highest BCUT2D eigenvalue weighted by atomic mass is 16.2. The first-order valence-electron chi connectivity index (χ1n) is 10.6. The number of benzene rings is 2. The van der Waals surface area contributed by atoms with Gasteiger partial charge in [-0.1, -0.05) is 24.3 Å². The standard InChI is InChI=1S/C24H28N4O2/c1-17-5-6-18(2)22(15-17)28-23(29)12-11-21(26-28)24(30)25-16-19-7-9-20(10-8-19)27-13-3-4-14-27/h5-10,15H,3-4,11-14,16H2,1-2H3,(H,25,30). The van der Waals surface area contributed by atoms with E-state index in [1.165, 1.54) is 23.5 Å². The van der Waals surface area contributed by atoms with E-state index in [4.69, 9.17) is 0 Å². The molecule has 6 nitrogen and oxygen atoms in total. The zero-order chi connectivity index (χ0) is 21.1. The zero-order valence-electron chi connectivity index (χ0n) is 17.6. The van der Waals surface area contributed by atoms with Crippen LogP contribution in [0.3, 0.4) is 0 Å². The fraction of sp³-hybridized carbons (Fsp3) is 0.375. The predicted molar refractivity (Wildman–Crippen MR) is 120 cm³/mol. The number of nitrogens with zero attached hydrogens (tertiary/aromatic N) is 3. The van der Waals surface area contributed by atoms with E-state index in [0.29, 0.717) is 18.7 Å². The summed E-state index contributed by atoms with van der Waals surface area (Å²) >= 11 is 0. The van der Waals surface area contributed by atoms with Crippen LogP contribution in [-0.4, -0.2) is 30.6 Å². The first-order valence-corrected chi connectivity index (χ1v) is 10.6. The van der Waals surface area contributed by atoms with Crippen LogP contribution < -0.4 is 15.2 Å². The molecule has 0 atom stereocenters. The van der Waals surface area contributed by atoms with Gasteiger partial charge in [0.2, 0.25) is 5.91 Å². The van der Waals surface area contributed by atoms with Crippen molar-refractivity contribution in [2.24, 2.45) is 5.10 Å². The van der Waals surface area contributed by atoms with Crippen LogP contribution in [0.15, 0.2) is 47.6 Å². The molecule has 1 saturated heterocycles. The van der Waals surface area contributed by atoms with Crippen molar-refractivity contribution in [3.63, 3.8) is 0 Å². The maximum absolute atomic E-state index is 12.7. The second-order valence-corrected chi connectivity index (χ2v) is 8.09. The minimum absolute atomic E-state index is 0.0854. The number of carbonyl (C=O) groups excluding carboxylic acids is 2. The van der Waals surface area contributed by atoms with Gasteiger partial charge in [0, 0.05) is 38.2 Å². The van der Waals surface area contributed by atoms with Crippen molar-refractivity contribution in [3.8, 4) is 0 Å². The molecule has 0 unspecified atom stereocenters. The van der Waals surface area contributed by atoms with Gasteiger partial charge in [0.15, 0.2) is 0 Å². The average molecular weight is 405 g/mol. The van der Waals surface area contributed by atoms with E-state index in [9.17, 15) is 9.59 Å². The molecule has 2 aliphatic rings. The molecule has 0 spiro atoms. The molecule has 1 fully saturated rings. The van der Waals surface area contributed by atoms with Crippen molar-refractivity contribution in [2.75, 3.05) is 23.0 Å². The first kappa shape index (κ1) is 20.1. The Balaban J connectivity index is 1.42. The Morgan fingerprint density at radius 1 is 1.03 bits per heavy atom. The lowest BCUT2D eigenvalue weighted by Crippen LogP contribution is -2.39. The van der Waals surface area contributed by atoms with Gasteiger partial charge in [-0.3, -0.25) is 9.59 Å². The maximum atomic E-state index is 12.7. The Morgan fingerprint density at radius 3 is 2.50 bits per heavy atom. The largest absolute Gasteiger partial charge is 0.372 e. The van der Waals surface area contributed by atoms with Crippen LogP contribution in [0.1, 0.15) is 42.4 Å². The van der Waals surface area contributed by atoms with E-state index in [-0.39, 0.29) is 18.2 Å². The van der Waals surface area contributed by atoms with Gasteiger partial charge in [-0.05, 0) is 61.6 Å². The summed E-state index contributed by atoms with van der Waals surface area (Å²) in [6.07, 6.45) is 3.15. The van der Waals surface area contributed by atoms with Crippen LogP contribution >= 0.6 is 0 Å². The lowest BCUT2D eigenvalue weighted by molar-refractivity contribution is -0.119. The molecule has 156 valence electrons. The number of rotatable bonds is 5. The van der Waals surface area contributed by atoms with Gasteiger partial charge in [-0.25, -0.2) is 5.01 Å².